The molecule has 0 bridgehead atoms. The minimum absolute atomic E-state index is 0.0291. The van der Waals surface area contributed by atoms with Crippen LogP contribution < -0.4 is 0 Å². The number of aromatic amines is 1. The van der Waals surface area contributed by atoms with Gasteiger partial charge in [0.1, 0.15) is 5.82 Å². The molecule has 1 fully saturated rings. The lowest BCUT2D eigenvalue weighted by atomic mass is 10.1. The predicted molar refractivity (Wildman–Crippen MR) is 91.2 cm³/mol. The molecule has 0 saturated heterocycles. The standard InChI is InChI=1S/C17H18N8O/c26-17(13-4-2-1-3-12(13)16-19-22-23-20-16)24-8-7-14-18-15(11-5-6-11)21-25(14)10-9-24/h1-4,11H,5-10H2,(H,19,20,22,23). The van der Waals surface area contributed by atoms with Crippen LogP contribution >= 0.6 is 0 Å². The Morgan fingerprint density at radius 3 is 2.85 bits per heavy atom. The molecule has 1 aliphatic heterocycles. The van der Waals surface area contributed by atoms with Crippen molar-refractivity contribution in [3.63, 3.8) is 0 Å². The Balaban J connectivity index is 1.38. The number of rotatable bonds is 3. The smallest absolute Gasteiger partial charge is 0.254 e. The second-order valence-corrected chi connectivity index (χ2v) is 6.71. The first-order valence-electron chi connectivity index (χ1n) is 8.85. The summed E-state index contributed by atoms with van der Waals surface area (Å²) in [6.45, 7) is 1.91. The molecule has 26 heavy (non-hydrogen) atoms. The van der Waals surface area contributed by atoms with Crippen molar-refractivity contribution in [2.45, 2.75) is 31.7 Å². The highest BCUT2D eigenvalue weighted by Crippen LogP contribution is 2.38. The normalized spacial score (nSPS) is 17.0. The molecular formula is C17H18N8O. The van der Waals surface area contributed by atoms with Gasteiger partial charge in [0.25, 0.3) is 5.91 Å². The van der Waals surface area contributed by atoms with Crippen LogP contribution in [-0.4, -0.2) is 59.3 Å². The van der Waals surface area contributed by atoms with E-state index in [0.717, 1.165) is 18.1 Å². The van der Waals surface area contributed by atoms with Crippen molar-refractivity contribution in [1.29, 1.82) is 0 Å². The molecule has 1 aliphatic carbocycles. The fourth-order valence-corrected chi connectivity index (χ4v) is 3.35. The van der Waals surface area contributed by atoms with Crippen LogP contribution in [-0.2, 0) is 13.0 Å². The van der Waals surface area contributed by atoms with Crippen LogP contribution in [0, 0.1) is 0 Å². The fraction of sp³-hybridized carbons (Fsp3) is 0.412. The number of tetrazole rings is 1. The van der Waals surface area contributed by atoms with Crippen LogP contribution in [0.3, 0.4) is 0 Å². The summed E-state index contributed by atoms with van der Waals surface area (Å²) in [7, 11) is 0. The van der Waals surface area contributed by atoms with Crippen molar-refractivity contribution in [2.75, 3.05) is 13.1 Å². The quantitative estimate of drug-likeness (QED) is 0.756. The average molecular weight is 350 g/mol. The number of amides is 1. The summed E-state index contributed by atoms with van der Waals surface area (Å²) >= 11 is 0. The van der Waals surface area contributed by atoms with E-state index in [1.165, 1.54) is 12.8 Å². The van der Waals surface area contributed by atoms with Crippen molar-refractivity contribution in [1.82, 2.24) is 40.3 Å². The minimum atomic E-state index is -0.0291. The lowest BCUT2D eigenvalue weighted by Crippen LogP contribution is -2.34. The number of benzene rings is 1. The van der Waals surface area contributed by atoms with Gasteiger partial charge < -0.3 is 4.90 Å². The Bertz CT molecular complexity index is 918. The average Bonchev–Trinajstić information content (AvgIpc) is 3.29. The van der Waals surface area contributed by atoms with Gasteiger partial charge in [-0.1, -0.05) is 18.2 Å². The second kappa shape index (κ2) is 6.01. The minimum Gasteiger partial charge on any atom is -0.336 e. The van der Waals surface area contributed by atoms with Crippen molar-refractivity contribution in [3.8, 4) is 11.4 Å². The number of fused-ring (bicyclic) bond motifs is 1. The van der Waals surface area contributed by atoms with Crippen molar-refractivity contribution >= 4 is 5.91 Å². The molecule has 0 unspecified atom stereocenters. The first-order chi connectivity index (χ1) is 12.8. The Morgan fingerprint density at radius 2 is 2.04 bits per heavy atom. The van der Waals surface area contributed by atoms with E-state index in [0.29, 0.717) is 42.5 Å². The highest BCUT2D eigenvalue weighted by Gasteiger charge is 2.30. The number of carbonyl (C=O) groups excluding carboxylic acids is 1. The maximum atomic E-state index is 13.1. The Labute approximate surface area is 149 Å². The van der Waals surface area contributed by atoms with E-state index >= 15 is 0 Å². The highest BCUT2D eigenvalue weighted by atomic mass is 16.2. The van der Waals surface area contributed by atoms with Gasteiger partial charge >= 0.3 is 0 Å². The number of nitrogens with zero attached hydrogens (tertiary/aromatic N) is 7. The lowest BCUT2D eigenvalue weighted by molar-refractivity contribution is 0.0759. The molecule has 1 amide bonds. The van der Waals surface area contributed by atoms with Gasteiger partial charge in [-0.15, -0.1) is 10.2 Å². The summed E-state index contributed by atoms with van der Waals surface area (Å²) in [5, 5.41) is 18.7. The Kier molecular flexibility index (Phi) is 3.51. The first kappa shape index (κ1) is 15.2. The number of nitrogens with one attached hydrogen (secondary N) is 1. The maximum Gasteiger partial charge on any atom is 0.254 e. The van der Waals surface area contributed by atoms with Crippen LogP contribution in [0.15, 0.2) is 24.3 Å². The number of hydrogen-bond acceptors (Lipinski definition) is 6. The second-order valence-electron chi connectivity index (χ2n) is 6.71. The molecule has 2 aliphatic rings. The topological polar surface area (TPSA) is 105 Å². The van der Waals surface area contributed by atoms with E-state index in [1.54, 1.807) is 6.07 Å². The van der Waals surface area contributed by atoms with Gasteiger partial charge in [-0.3, -0.25) is 4.79 Å². The molecule has 9 heteroatoms. The predicted octanol–water partition coefficient (Wildman–Crippen LogP) is 1.03. The van der Waals surface area contributed by atoms with Gasteiger partial charge in [0, 0.05) is 31.0 Å². The zero-order valence-electron chi connectivity index (χ0n) is 14.2. The number of hydrogen-bond donors (Lipinski definition) is 1. The van der Waals surface area contributed by atoms with Crippen LogP contribution in [0.4, 0.5) is 0 Å². The summed E-state index contributed by atoms with van der Waals surface area (Å²) in [6.07, 6.45) is 3.11. The summed E-state index contributed by atoms with van der Waals surface area (Å²) in [5.74, 6) is 2.90. The molecule has 132 valence electrons. The van der Waals surface area contributed by atoms with Crippen molar-refractivity contribution < 1.29 is 4.79 Å². The number of aromatic nitrogens is 7. The molecule has 1 aromatic carbocycles. The molecule has 5 rings (SSSR count). The van der Waals surface area contributed by atoms with E-state index in [9.17, 15) is 4.79 Å². The van der Waals surface area contributed by atoms with Gasteiger partial charge in [0.05, 0.1) is 12.1 Å². The van der Waals surface area contributed by atoms with Crippen molar-refractivity contribution in [2.24, 2.45) is 0 Å². The van der Waals surface area contributed by atoms with E-state index in [1.807, 2.05) is 27.8 Å². The van der Waals surface area contributed by atoms with E-state index < -0.39 is 0 Å². The number of carbonyl (C=O) groups is 1. The third kappa shape index (κ3) is 2.65. The fourth-order valence-electron chi connectivity index (χ4n) is 3.35. The van der Waals surface area contributed by atoms with Gasteiger partial charge in [0.2, 0.25) is 5.82 Å². The van der Waals surface area contributed by atoms with Gasteiger partial charge in [-0.05, 0) is 24.1 Å². The summed E-state index contributed by atoms with van der Waals surface area (Å²) in [5.41, 5.74) is 1.27. The van der Waals surface area contributed by atoms with Gasteiger partial charge in [-0.25, -0.2) is 9.67 Å². The van der Waals surface area contributed by atoms with E-state index in [2.05, 4.69) is 30.7 Å². The lowest BCUT2D eigenvalue weighted by Gasteiger charge is -2.21. The molecule has 2 aromatic heterocycles. The molecule has 1 N–H and O–H groups in total. The van der Waals surface area contributed by atoms with Gasteiger partial charge in [0.15, 0.2) is 5.82 Å². The third-order valence-corrected chi connectivity index (χ3v) is 4.93. The van der Waals surface area contributed by atoms with Gasteiger partial charge in [-0.2, -0.15) is 10.3 Å². The molecule has 9 nitrogen and oxygen atoms in total. The summed E-state index contributed by atoms with van der Waals surface area (Å²) in [4.78, 5) is 19.6. The zero-order chi connectivity index (χ0) is 17.5. The molecule has 1 saturated carbocycles. The molecular weight excluding hydrogens is 332 g/mol. The molecule has 3 aromatic rings. The molecule has 0 atom stereocenters. The Hall–Kier alpha value is -3.10. The van der Waals surface area contributed by atoms with Crippen molar-refractivity contribution in [3.05, 3.63) is 41.5 Å². The maximum absolute atomic E-state index is 13.1. The largest absolute Gasteiger partial charge is 0.336 e. The van der Waals surface area contributed by atoms with E-state index in [-0.39, 0.29) is 5.91 Å². The third-order valence-electron chi connectivity index (χ3n) is 4.93. The highest BCUT2D eigenvalue weighted by molar-refractivity contribution is 6.00. The number of H-pyrrole nitrogens is 1. The zero-order valence-corrected chi connectivity index (χ0v) is 14.2. The molecule has 3 heterocycles. The molecule has 0 spiro atoms. The summed E-state index contributed by atoms with van der Waals surface area (Å²) < 4.78 is 1.96. The van der Waals surface area contributed by atoms with Crippen LogP contribution in [0.2, 0.25) is 0 Å². The van der Waals surface area contributed by atoms with Crippen LogP contribution in [0.1, 0.15) is 40.8 Å². The molecule has 0 radical (unpaired) electrons. The SMILES string of the molecule is O=C(c1ccccc1-c1nn[nH]n1)N1CCc2nc(C3CC3)nn2CC1. The first-order valence-corrected chi connectivity index (χ1v) is 8.85. The van der Waals surface area contributed by atoms with Crippen LogP contribution in [0.25, 0.3) is 11.4 Å². The Morgan fingerprint density at radius 1 is 1.15 bits per heavy atom. The summed E-state index contributed by atoms with van der Waals surface area (Å²) in [6, 6.07) is 7.36. The van der Waals surface area contributed by atoms with Crippen LogP contribution in [0.5, 0.6) is 0 Å². The monoisotopic (exact) mass is 350 g/mol. The van der Waals surface area contributed by atoms with E-state index in [4.69, 9.17) is 0 Å².